The molecule has 1 saturated heterocycles. The molecular formula is C23H27N3O3. The second kappa shape index (κ2) is 8.23. The number of piperidine rings is 1. The van der Waals surface area contributed by atoms with Crippen LogP contribution in [0.2, 0.25) is 0 Å². The molecule has 6 heteroatoms. The number of benzene rings is 1. The van der Waals surface area contributed by atoms with E-state index in [0.29, 0.717) is 17.0 Å². The molecule has 1 amide bonds. The topological polar surface area (TPSA) is 68.5 Å². The quantitative estimate of drug-likeness (QED) is 0.639. The predicted octanol–water partition coefficient (Wildman–Crippen LogP) is 4.48. The average Bonchev–Trinajstić information content (AvgIpc) is 3.12. The smallest absolute Gasteiger partial charge is 0.258 e. The Labute approximate surface area is 170 Å². The van der Waals surface area contributed by atoms with Crippen LogP contribution in [0.5, 0.6) is 5.75 Å². The number of aromatic nitrogens is 2. The molecule has 1 aromatic carbocycles. The molecule has 0 radical (unpaired) electrons. The van der Waals surface area contributed by atoms with E-state index in [0.717, 1.165) is 55.5 Å². The normalized spacial score (nSPS) is 16.9. The molecule has 3 heterocycles. The molecule has 1 aliphatic heterocycles. The van der Waals surface area contributed by atoms with Crippen molar-refractivity contribution in [3.63, 3.8) is 0 Å². The van der Waals surface area contributed by atoms with Crippen molar-refractivity contribution < 1.29 is 14.1 Å². The Balaban J connectivity index is 1.57. The lowest BCUT2D eigenvalue weighted by Gasteiger charge is -2.36. The van der Waals surface area contributed by atoms with Gasteiger partial charge >= 0.3 is 0 Å². The van der Waals surface area contributed by atoms with Gasteiger partial charge in [0, 0.05) is 18.3 Å². The van der Waals surface area contributed by atoms with Crippen molar-refractivity contribution >= 4 is 17.0 Å². The summed E-state index contributed by atoms with van der Waals surface area (Å²) < 4.78 is 10.7. The van der Waals surface area contributed by atoms with Crippen molar-refractivity contribution in [1.29, 1.82) is 0 Å². The maximum atomic E-state index is 13.5. The molecule has 2 aromatic heterocycles. The Kier molecular flexibility index (Phi) is 5.51. The number of carbonyl (C=O) groups excluding carboxylic acids is 1. The fraction of sp³-hybridized carbons (Fsp3) is 0.435. The highest BCUT2D eigenvalue weighted by molar-refractivity contribution is 6.06. The van der Waals surface area contributed by atoms with Crippen LogP contribution in [0, 0.1) is 13.8 Å². The van der Waals surface area contributed by atoms with Crippen LogP contribution in [0.3, 0.4) is 0 Å². The first kappa shape index (κ1) is 19.4. The number of rotatable bonds is 5. The fourth-order valence-electron chi connectivity index (χ4n) is 4.27. The van der Waals surface area contributed by atoms with Gasteiger partial charge in [0.05, 0.1) is 23.8 Å². The van der Waals surface area contributed by atoms with E-state index in [1.807, 2.05) is 36.9 Å². The standard InChI is InChI=1S/C23H27N3O3/c1-15-13-20(21-16(2)25-29-22(21)24-15)23(27)26-12-5-4-8-18(26)11-10-17-7-6-9-19(14-17)28-3/h6-7,9,13-14,18H,4-5,8,10-12H2,1-3H3/t18-/m0/s1. The number of nitrogens with zero attached hydrogens (tertiary/aromatic N) is 3. The van der Waals surface area contributed by atoms with E-state index in [2.05, 4.69) is 22.3 Å². The minimum atomic E-state index is 0.0575. The highest BCUT2D eigenvalue weighted by atomic mass is 16.5. The van der Waals surface area contributed by atoms with Crippen LogP contribution in [0.1, 0.15) is 53.0 Å². The minimum Gasteiger partial charge on any atom is -0.497 e. The van der Waals surface area contributed by atoms with E-state index in [-0.39, 0.29) is 11.9 Å². The monoisotopic (exact) mass is 393 g/mol. The van der Waals surface area contributed by atoms with E-state index < -0.39 is 0 Å². The molecule has 6 nitrogen and oxygen atoms in total. The van der Waals surface area contributed by atoms with Crippen LogP contribution in [0.25, 0.3) is 11.1 Å². The van der Waals surface area contributed by atoms with Crippen LogP contribution in [-0.2, 0) is 6.42 Å². The van der Waals surface area contributed by atoms with Gasteiger partial charge in [-0.15, -0.1) is 0 Å². The molecular weight excluding hydrogens is 366 g/mol. The van der Waals surface area contributed by atoms with Gasteiger partial charge in [-0.2, -0.15) is 0 Å². The summed E-state index contributed by atoms with van der Waals surface area (Å²) in [5.41, 5.74) is 3.80. The summed E-state index contributed by atoms with van der Waals surface area (Å²) in [6.45, 7) is 4.52. The van der Waals surface area contributed by atoms with Crippen molar-refractivity contribution in [3.8, 4) is 5.75 Å². The Hall–Kier alpha value is -2.89. The lowest BCUT2D eigenvalue weighted by molar-refractivity contribution is 0.0603. The summed E-state index contributed by atoms with van der Waals surface area (Å²) in [7, 11) is 1.69. The molecule has 1 fully saturated rings. The second-order valence-corrected chi connectivity index (χ2v) is 7.80. The Morgan fingerprint density at radius 3 is 2.97 bits per heavy atom. The number of likely N-dealkylation sites (tertiary alicyclic amines) is 1. The van der Waals surface area contributed by atoms with Crippen molar-refractivity contribution in [3.05, 3.63) is 52.8 Å². The van der Waals surface area contributed by atoms with Gasteiger partial charge in [-0.3, -0.25) is 4.79 Å². The van der Waals surface area contributed by atoms with Crippen molar-refractivity contribution in [2.24, 2.45) is 0 Å². The second-order valence-electron chi connectivity index (χ2n) is 7.80. The number of carbonyl (C=O) groups is 1. The molecule has 3 aromatic rings. The number of ether oxygens (including phenoxy) is 1. The summed E-state index contributed by atoms with van der Waals surface area (Å²) in [5, 5.41) is 4.75. The lowest BCUT2D eigenvalue weighted by Crippen LogP contribution is -2.44. The molecule has 29 heavy (non-hydrogen) atoms. The van der Waals surface area contributed by atoms with Crippen LogP contribution < -0.4 is 4.74 Å². The number of hydrogen-bond acceptors (Lipinski definition) is 5. The van der Waals surface area contributed by atoms with Gasteiger partial charge in [0.15, 0.2) is 0 Å². The molecule has 1 aliphatic rings. The summed E-state index contributed by atoms with van der Waals surface area (Å²) >= 11 is 0. The number of methoxy groups -OCH3 is 1. The maximum absolute atomic E-state index is 13.5. The first-order valence-corrected chi connectivity index (χ1v) is 10.2. The highest BCUT2D eigenvalue weighted by Crippen LogP contribution is 2.28. The Morgan fingerprint density at radius 2 is 2.14 bits per heavy atom. The SMILES string of the molecule is COc1cccc(CC[C@@H]2CCCCN2C(=O)c2cc(C)nc3onc(C)c23)c1. The van der Waals surface area contributed by atoms with Gasteiger partial charge in [0.2, 0.25) is 0 Å². The van der Waals surface area contributed by atoms with Gasteiger partial charge in [0.25, 0.3) is 11.6 Å². The average molecular weight is 393 g/mol. The van der Waals surface area contributed by atoms with Crippen LogP contribution in [0.4, 0.5) is 0 Å². The number of aryl methyl sites for hydroxylation is 3. The van der Waals surface area contributed by atoms with E-state index >= 15 is 0 Å². The minimum absolute atomic E-state index is 0.0575. The number of amides is 1. The van der Waals surface area contributed by atoms with Gasteiger partial charge in [-0.1, -0.05) is 17.3 Å². The Bertz CT molecular complexity index is 1030. The zero-order valence-electron chi connectivity index (χ0n) is 17.3. The third-order valence-electron chi connectivity index (χ3n) is 5.76. The highest BCUT2D eigenvalue weighted by Gasteiger charge is 2.29. The van der Waals surface area contributed by atoms with E-state index in [1.54, 1.807) is 7.11 Å². The first-order valence-electron chi connectivity index (χ1n) is 10.2. The van der Waals surface area contributed by atoms with Crippen LogP contribution in [-0.4, -0.2) is 40.6 Å². The van der Waals surface area contributed by atoms with Crippen molar-refractivity contribution in [1.82, 2.24) is 15.0 Å². The molecule has 0 saturated carbocycles. The molecule has 1 atom stereocenters. The van der Waals surface area contributed by atoms with Gasteiger partial charge in [0.1, 0.15) is 5.75 Å². The third-order valence-corrected chi connectivity index (χ3v) is 5.76. The zero-order chi connectivity index (χ0) is 20.4. The van der Waals surface area contributed by atoms with Crippen molar-refractivity contribution in [2.45, 2.75) is 52.0 Å². The number of pyridine rings is 1. The number of hydrogen-bond donors (Lipinski definition) is 0. The van der Waals surface area contributed by atoms with Crippen LogP contribution >= 0.6 is 0 Å². The summed E-state index contributed by atoms with van der Waals surface area (Å²) in [4.78, 5) is 20.0. The zero-order valence-corrected chi connectivity index (χ0v) is 17.3. The summed E-state index contributed by atoms with van der Waals surface area (Å²) in [6.07, 6.45) is 5.09. The fourth-order valence-corrected chi connectivity index (χ4v) is 4.27. The predicted molar refractivity (Wildman–Crippen MR) is 111 cm³/mol. The van der Waals surface area contributed by atoms with E-state index in [9.17, 15) is 4.79 Å². The number of fused-ring (bicyclic) bond motifs is 1. The molecule has 152 valence electrons. The van der Waals surface area contributed by atoms with Crippen molar-refractivity contribution in [2.75, 3.05) is 13.7 Å². The molecule has 0 spiro atoms. The van der Waals surface area contributed by atoms with E-state index in [1.165, 1.54) is 5.56 Å². The molecule has 0 unspecified atom stereocenters. The van der Waals surface area contributed by atoms with E-state index in [4.69, 9.17) is 9.26 Å². The lowest BCUT2D eigenvalue weighted by atomic mass is 9.94. The molecule has 0 aliphatic carbocycles. The van der Waals surface area contributed by atoms with Crippen LogP contribution in [0.15, 0.2) is 34.9 Å². The molecule has 4 rings (SSSR count). The van der Waals surface area contributed by atoms with Gasteiger partial charge < -0.3 is 14.2 Å². The molecule has 0 N–H and O–H groups in total. The Morgan fingerprint density at radius 1 is 1.28 bits per heavy atom. The maximum Gasteiger partial charge on any atom is 0.258 e. The van der Waals surface area contributed by atoms with Gasteiger partial charge in [-0.25, -0.2) is 4.98 Å². The molecule has 0 bridgehead atoms. The van der Waals surface area contributed by atoms with Gasteiger partial charge in [-0.05, 0) is 69.7 Å². The first-order chi connectivity index (χ1) is 14.1. The summed E-state index contributed by atoms with van der Waals surface area (Å²) in [6, 6.07) is 10.3. The summed E-state index contributed by atoms with van der Waals surface area (Å²) in [5.74, 6) is 0.929. The largest absolute Gasteiger partial charge is 0.497 e. The third kappa shape index (κ3) is 3.97.